The van der Waals surface area contributed by atoms with Gasteiger partial charge in [-0.1, -0.05) is 0 Å². The van der Waals surface area contributed by atoms with E-state index in [1.165, 1.54) is 0 Å². The number of carbonyl (C=O) groups is 1. The van der Waals surface area contributed by atoms with Crippen LogP contribution in [0.4, 0.5) is 13.6 Å². The molecule has 16 heavy (non-hydrogen) atoms. The highest BCUT2D eigenvalue weighted by molar-refractivity contribution is 5.70. The Labute approximate surface area is 92.5 Å². The Kier molecular flexibility index (Phi) is 2.13. The molecule has 1 saturated heterocycles. The van der Waals surface area contributed by atoms with Crippen molar-refractivity contribution in [2.75, 3.05) is 6.54 Å². The average molecular weight is 231 g/mol. The maximum atomic E-state index is 13.3. The van der Waals surface area contributed by atoms with Gasteiger partial charge in [0.05, 0.1) is 6.54 Å². The van der Waals surface area contributed by atoms with E-state index in [-0.39, 0.29) is 24.7 Å². The fourth-order valence-electron chi connectivity index (χ4n) is 3.53. The third-order valence-electron chi connectivity index (χ3n) is 4.25. The lowest BCUT2D eigenvalue weighted by Gasteiger charge is -2.29. The molecule has 1 aliphatic heterocycles. The lowest BCUT2D eigenvalue weighted by molar-refractivity contribution is 0.0574. The summed E-state index contributed by atoms with van der Waals surface area (Å²) in [5.74, 6) is 0.351. The Morgan fingerprint density at radius 3 is 2.19 bits per heavy atom. The summed E-state index contributed by atoms with van der Waals surface area (Å²) in [5, 5.41) is 2.64. The van der Waals surface area contributed by atoms with Crippen molar-refractivity contribution in [1.82, 2.24) is 5.32 Å². The van der Waals surface area contributed by atoms with E-state index >= 15 is 0 Å². The molecule has 3 nitrogen and oxygen atoms in total. The van der Waals surface area contributed by atoms with Crippen LogP contribution < -0.4 is 5.32 Å². The number of carbonyl (C=O) groups excluding carboxylic acids is 1. The Morgan fingerprint density at radius 2 is 1.75 bits per heavy atom. The van der Waals surface area contributed by atoms with Gasteiger partial charge >= 0.3 is 6.09 Å². The van der Waals surface area contributed by atoms with Gasteiger partial charge in [-0.15, -0.1) is 0 Å². The second-order valence-corrected chi connectivity index (χ2v) is 5.36. The molecule has 1 spiro atoms. The molecule has 0 bridgehead atoms. The third-order valence-corrected chi connectivity index (χ3v) is 4.25. The summed E-state index contributed by atoms with van der Waals surface area (Å²) >= 11 is 0. The molecule has 1 heterocycles. The molecule has 2 saturated carbocycles. The van der Waals surface area contributed by atoms with Crippen LogP contribution in [-0.4, -0.2) is 30.6 Å². The first kappa shape index (κ1) is 10.3. The van der Waals surface area contributed by atoms with Crippen LogP contribution in [0, 0.1) is 11.8 Å². The largest absolute Gasteiger partial charge is 0.441 e. The number of alkyl carbamates (subject to hydrolysis) is 1. The topological polar surface area (TPSA) is 38.3 Å². The highest BCUT2D eigenvalue weighted by Crippen LogP contribution is 2.50. The molecule has 0 aromatic carbocycles. The molecule has 1 N–H and O–H groups in total. The number of ether oxygens (including phenoxy) is 1. The number of hydrogen-bond acceptors (Lipinski definition) is 2. The zero-order valence-corrected chi connectivity index (χ0v) is 8.92. The minimum absolute atomic E-state index is 0.176. The molecule has 0 aromatic rings. The molecule has 5 heteroatoms. The first-order valence-corrected chi connectivity index (χ1v) is 5.83. The summed E-state index contributed by atoms with van der Waals surface area (Å²) in [4.78, 5) is 11.1. The number of fused-ring (bicyclic) bond motifs is 1. The molecule has 0 aromatic heterocycles. The standard InChI is InChI=1S/C11H15F2NO2/c12-8-1-6-3-11(5-14-10(15)16-11)4-7(6)2-9(8)13/h6-9H,1-5H2,(H,14,15)/t6-,7-,8+,9+/m0/s1. The quantitative estimate of drug-likeness (QED) is 0.692. The Balaban J connectivity index is 1.74. The van der Waals surface area contributed by atoms with Crippen molar-refractivity contribution in [1.29, 1.82) is 0 Å². The summed E-state index contributed by atoms with van der Waals surface area (Å²) in [6.45, 7) is 0.493. The SMILES string of the molecule is O=C1NCC2(C[C@@H]3C[C@@H](F)[C@H](F)C[C@H]3C2)O1. The lowest BCUT2D eigenvalue weighted by atomic mass is 9.80. The third kappa shape index (κ3) is 1.48. The number of hydrogen-bond donors (Lipinski definition) is 1. The summed E-state index contributed by atoms with van der Waals surface area (Å²) < 4.78 is 31.8. The Bertz CT molecular complexity index is 305. The van der Waals surface area contributed by atoms with Gasteiger partial charge in [0.15, 0.2) is 0 Å². The highest BCUT2D eigenvalue weighted by Gasteiger charge is 2.54. The van der Waals surface area contributed by atoms with Gasteiger partial charge in [0.1, 0.15) is 17.9 Å². The van der Waals surface area contributed by atoms with Crippen LogP contribution in [-0.2, 0) is 4.74 Å². The highest BCUT2D eigenvalue weighted by atomic mass is 19.2. The van der Waals surface area contributed by atoms with Crippen LogP contribution in [0.2, 0.25) is 0 Å². The molecule has 90 valence electrons. The van der Waals surface area contributed by atoms with E-state index in [0.29, 0.717) is 19.4 Å². The Morgan fingerprint density at radius 1 is 1.19 bits per heavy atom. The van der Waals surface area contributed by atoms with Crippen molar-refractivity contribution in [2.45, 2.75) is 43.6 Å². The van der Waals surface area contributed by atoms with E-state index in [2.05, 4.69) is 5.32 Å². The molecule has 0 radical (unpaired) electrons. The van der Waals surface area contributed by atoms with Gasteiger partial charge in [-0.2, -0.15) is 0 Å². The van der Waals surface area contributed by atoms with Crippen LogP contribution in [0.3, 0.4) is 0 Å². The number of rotatable bonds is 0. The zero-order valence-electron chi connectivity index (χ0n) is 8.92. The maximum Gasteiger partial charge on any atom is 0.407 e. The number of amides is 1. The van der Waals surface area contributed by atoms with Gasteiger partial charge in [0.2, 0.25) is 0 Å². The van der Waals surface area contributed by atoms with Crippen molar-refractivity contribution in [2.24, 2.45) is 11.8 Å². The van der Waals surface area contributed by atoms with Crippen molar-refractivity contribution in [3.63, 3.8) is 0 Å². The first-order chi connectivity index (χ1) is 7.58. The van der Waals surface area contributed by atoms with Crippen LogP contribution in [0.25, 0.3) is 0 Å². The average Bonchev–Trinajstić information content (AvgIpc) is 2.71. The zero-order chi connectivity index (χ0) is 11.3. The number of halogens is 2. The molecular weight excluding hydrogens is 216 g/mol. The fourth-order valence-corrected chi connectivity index (χ4v) is 3.53. The second-order valence-electron chi connectivity index (χ2n) is 5.36. The molecule has 3 fully saturated rings. The normalized spacial score (nSPS) is 45.2. The summed E-state index contributed by atoms with van der Waals surface area (Å²) in [5.41, 5.74) is -0.476. The number of alkyl halides is 2. The molecular formula is C11H15F2NO2. The van der Waals surface area contributed by atoms with E-state index in [1.807, 2.05) is 0 Å². The second kappa shape index (κ2) is 3.31. The van der Waals surface area contributed by atoms with E-state index in [0.717, 1.165) is 0 Å². The van der Waals surface area contributed by atoms with E-state index in [9.17, 15) is 13.6 Å². The maximum absolute atomic E-state index is 13.3. The summed E-state index contributed by atoms with van der Waals surface area (Å²) in [7, 11) is 0. The van der Waals surface area contributed by atoms with Gasteiger partial charge in [-0.25, -0.2) is 13.6 Å². The van der Waals surface area contributed by atoms with E-state index in [4.69, 9.17) is 4.74 Å². The van der Waals surface area contributed by atoms with Gasteiger partial charge in [0.25, 0.3) is 0 Å². The molecule has 3 aliphatic rings. The van der Waals surface area contributed by atoms with Crippen LogP contribution in [0.1, 0.15) is 25.7 Å². The van der Waals surface area contributed by atoms with E-state index in [1.54, 1.807) is 0 Å². The van der Waals surface area contributed by atoms with Crippen molar-refractivity contribution in [3.05, 3.63) is 0 Å². The fraction of sp³-hybridized carbons (Fsp3) is 0.909. The van der Waals surface area contributed by atoms with Crippen molar-refractivity contribution in [3.8, 4) is 0 Å². The lowest BCUT2D eigenvalue weighted by Crippen LogP contribution is -2.31. The first-order valence-electron chi connectivity index (χ1n) is 5.83. The van der Waals surface area contributed by atoms with Gasteiger partial charge in [-0.3, -0.25) is 0 Å². The van der Waals surface area contributed by atoms with Gasteiger partial charge in [-0.05, 0) is 37.5 Å². The molecule has 4 atom stereocenters. The van der Waals surface area contributed by atoms with Crippen LogP contribution in [0.15, 0.2) is 0 Å². The summed E-state index contributed by atoms with van der Waals surface area (Å²) in [6.07, 6.45) is -1.13. The molecule has 2 aliphatic carbocycles. The monoisotopic (exact) mass is 231 g/mol. The van der Waals surface area contributed by atoms with Gasteiger partial charge in [0, 0.05) is 0 Å². The minimum atomic E-state index is -1.33. The predicted octanol–water partition coefficient (Wildman–Crippen LogP) is 1.96. The Hall–Kier alpha value is -0.870. The van der Waals surface area contributed by atoms with E-state index < -0.39 is 24.0 Å². The van der Waals surface area contributed by atoms with Crippen molar-refractivity contribution < 1.29 is 18.3 Å². The van der Waals surface area contributed by atoms with Crippen molar-refractivity contribution >= 4 is 6.09 Å². The molecule has 0 unspecified atom stereocenters. The predicted molar refractivity (Wildman–Crippen MR) is 52.5 cm³/mol. The number of nitrogens with one attached hydrogen (secondary N) is 1. The molecule has 3 rings (SSSR count). The molecule has 1 amide bonds. The van der Waals surface area contributed by atoms with Crippen LogP contribution >= 0.6 is 0 Å². The summed E-state index contributed by atoms with van der Waals surface area (Å²) in [6, 6.07) is 0. The van der Waals surface area contributed by atoms with Gasteiger partial charge < -0.3 is 10.1 Å². The minimum Gasteiger partial charge on any atom is -0.441 e. The smallest absolute Gasteiger partial charge is 0.407 e. The van der Waals surface area contributed by atoms with Crippen LogP contribution in [0.5, 0.6) is 0 Å².